The first kappa shape index (κ1) is 11.8. The Morgan fingerprint density at radius 3 is 3.21 bits per heavy atom. The molecule has 0 aliphatic rings. The van der Waals surface area contributed by atoms with Gasteiger partial charge in [0.1, 0.15) is 11.3 Å². The number of aryl methyl sites for hydroxylation is 1. The molecule has 8 heteroatoms. The van der Waals surface area contributed by atoms with Crippen LogP contribution in [-0.2, 0) is 6.54 Å². The summed E-state index contributed by atoms with van der Waals surface area (Å²) >= 11 is 1.38. The lowest BCUT2D eigenvalue weighted by Gasteiger charge is -2.04. The van der Waals surface area contributed by atoms with Crippen molar-refractivity contribution < 1.29 is 9.26 Å². The van der Waals surface area contributed by atoms with Gasteiger partial charge < -0.3 is 4.74 Å². The van der Waals surface area contributed by atoms with Gasteiger partial charge in [0, 0.05) is 0 Å². The van der Waals surface area contributed by atoms with E-state index in [1.165, 1.54) is 22.2 Å². The van der Waals surface area contributed by atoms with Crippen LogP contribution in [-0.4, -0.2) is 26.3 Å². The van der Waals surface area contributed by atoms with Gasteiger partial charge in [-0.15, -0.1) is 11.3 Å². The topological polar surface area (TPSA) is 83.0 Å². The summed E-state index contributed by atoms with van der Waals surface area (Å²) in [5.74, 6) is 0.508. The molecule has 0 atom stereocenters. The largest absolute Gasteiger partial charge is 0.447 e. The van der Waals surface area contributed by atoms with E-state index in [0.717, 1.165) is 5.52 Å². The molecule has 0 bridgehead atoms. The lowest BCUT2D eigenvalue weighted by Crippen LogP contribution is -2.22. The van der Waals surface area contributed by atoms with Gasteiger partial charge in [0.25, 0.3) is 5.56 Å². The molecule has 0 saturated heterocycles. The van der Waals surface area contributed by atoms with E-state index in [1.807, 2.05) is 11.4 Å². The average molecular weight is 278 g/mol. The van der Waals surface area contributed by atoms with Crippen LogP contribution in [0.25, 0.3) is 10.2 Å². The van der Waals surface area contributed by atoms with E-state index >= 15 is 0 Å². The molecule has 0 N–H and O–H groups in total. The zero-order valence-corrected chi connectivity index (χ0v) is 10.9. The Morgan fingerprint density at radius 1 is 1.53 bits per heavy atom. The van der Waals surface area contributed by atoms with Crippen molar-refractivity contribution in [2.45, 2.75) is 13.5 Å². The average Bonchev–Trinajstić information content (AvgIpc) is 3.01. The van der Waals surface area contributed by atoms with Gasteiger partial charge in [0.15, 0.2) is 5.82 Å². The van der Waals surface area contributed by atoms with Crippen LogP contribution in [0.3, 0.4) is 0 Å². The summed E-state index contributed by atoms with van der Waals surface area (Å²) in [5, 5.41) is 5.45. The third-order valence-electron chi connectivity index (χ3n) is 2.50. The standard InChI is InChI=1S/C11H10N4O3S/c1-7-13-11(18-14-7)17-4-3-15-6-12-8-2-5-19-9(8)10(15)16/h2,5-6H,3-4H2,1H3. The Balaban J connectivity index is 1.71. The van der Waals surface area contributed by atoms with E-state index < -0.39 is 0 Å². The number of thiophene rings is 1. The SMILES string of the molecule is Cc1noc(OCCn2cnc3ccsc3c2=O)n1. The third kappa shape index (κ3) is 2.34. The fourth-order valence-electron chi connectivity index (χ4n) is 1.61. The first-order valence-corrected chi connectivity index (χ1v) is 6.48. The van der Waals surface area contributed by atoms with Gasteiger partial charge in [-0.3, -0.25) is 13.9 Å². The van der Waals surface area contributed by atoms with E-state index in [9.17, 15) is 4.79 Å². The van der Waals surface area contributed by atoms with Crippen molar-refractivity contribution >= 4 is 21.6 Å². The van der Waals surface area contributed by atoms with Crippen LogP contribution in [0.1, 0.15) is 5.82 Å². The van der Waals surface area contributed by atoms with Crippen LogP contribution in [0, 0.1) is 6.92 Å². The molecule has 0 amide bonds. The van der Waals surface area contributed by atoms with E-state index in [1.54, 1.807) is 6.92 Å². The molecular formula is C11H10N4O3S. The monoisotopic (exact) mass is 278 g/mol. The number of rotatable bonds is 4. The van der Waals surface area contributed by atoms with Gasteiger partial charge >= 0.3 is 6.08 Å². The number of ether oxygens (including phenoxy) is 1. The zero-order chi connectivity index (χ0) is 13.2. The number of nitrogens with zero attached hydrogens (tertiary/aromatic N) is 4. The molecule has 0 aliphatic heterocycles. The molecule has 0 aromatic carbocycles. The minimum absolute atomic E-state index is 0.0645. The molecule has 0 saturated carbocycles. The molecule has 0 unspecified atom stereocenters. The second kappa shape index (κ2) is 4.81. The minimum Gasteiger partial charge on any atom is -0.447 e. The van der Waals surface area contributed by atoms with Gasteiger partial charge in [-0.1, -0.05) is 5.16 Å². The van der Waals surface area contributed by atoms with Crippen LogP contribution in [0.4, 0.5) is 0 Å². The summed E-state index contributed by atoms with van der Waals surface area (Å²) in [6.07, 6.45) is 1.62. The van der Waals surface area contributed by atoms with Crippen LogP contribution >= 0.6 is 11.3 Å². The number of hydrogen-bond donors (Lipinski definition) is 0. The molecule has 19 heavy (non-hydrogen) atoms. The lowest BCUT2D eigenvalue weighted by atomic mass is 10.4. The summed E-state index contributed by atoms with van der Waals surface area (Å²) in [6, 6.07) is 1.82. The molecule has 0 fully saturated rings. The highest BCUT2D eigenvalue weighted by Crippen LogP contribution is 2.13. The van der Waals surface area contributed by atoms with Crippen molar-refractivity contribution in [1.82, 2.24) is 19.7 Å². The second-order valence-electron chi connectivity index (χ2n) is 3.83. The molecule has 3 rings (SSSR count). The predicted octanol–water partition coefficient (Wildman–Crippen LogP) is 1.23. The Hall–Kier alpha value is -2.22. The Morgan fingerprint density at radius 2 is 2.42 bits per heavy atom. The molecule has 3 aromatic rings. The maximum atomic E-state index is 12.1. The van der Waals surface area contributed by atoms with Crippen molar-refractivity contribution in [2.75, 3.05) is 6.61 Å². The zero-order valence-electron chi connectivity index (χ0n) is 10.1. The maximum absolute atomic E-state index is 12.1. The van der Waals surface area contributed by atoms with Crippen molar-refractivity contribution in [2.24, 2.45) is 0 Å². The Labute approximate surface area is 111 Å². The highest BCUT2D eigenvalue weighted by atomic mass is 32.1. The second-order valence-corrected chi connectivity index (χ2v) is 4.75. The molecule has 3 heterocycles. The summed E-state index contributed by atoms with van der Waals surface area (Å²) in [4.78, 5) is 20.2. The van der Waals surface area contributed by atoms with Crippen molar-refractivity contribution in [3.8, 4) is 6.08 Å². The third-order valence-corrected chi connectivity index (χ3v) is 3.39. The highest BCUT2D eigenvalue weighted by Gasteiger charge is 2.06. The molecule has 0 spiro atoms. The smallest absolute Gasteiger partial charge is 0.417 e. The van der Waals surface area contributed by atoms with E-state index in [-0.39, 0.29) is 18.2 Å². The van der Waals surface area contributed by atoms with Crippen molar-refractivity contribution in [3.05, 3.63) is 34.0 Å². The normalized spacial score (nSPS) is 11.0. The summed E-state index contributed by atoms with van der Waals surface area (Å²) in [6.45, 7) is 2.34. The Kier molecular flexibility index (Phi) is 3.00. The maximum Gasteiger partial charge on any atom is 0.417 e. The van der Waals surface area contributed by atoms with Gasteiger partial charge in [-0.2, -0.15) is 4.98 Å². The molecule has 7 nitrogen and oxygen atoms in total. The number of hydrogen-bond acceptors (Lipinski definition) is 7. The molecule has 98 valence electrons. The van der Waals surface area contributed by atoms with Crippen LogP contribution in [0.5, 0.6) is 6.08 Å². The van der Waals surface area contributed by atoms with Crippen LogP contribution < -0.4 is 10.3 Å². The van der Waals surface area contributed by atoms with E-state index in [4.69, 9.17) is 9.26 Å². The fourth-order valence-corrected chi connectivity index (χ4v) is 2.40. The van der Waals surface area contributed by atoms with E-state index in [2.05, 4.69) is 15.1 Å². The number of fused-ring (bicyclic) bond motifs is 1. The molecule has 0 aliphatic carbocycles. The number of aromatic nitrogens is 4. The van der Waals surface area contributed by atoms with Crippen LogP contribution in [0.2, 0.25) is 0 Å². The molecular weight excluding hydrogens is 268 g/mol. The molecule has 3 aromatic heterocycles. The minimum atomic E-state index is -0.0645. The summed E-state index contributed by atoms with van der Waals surface area (Å²) in [5.41, 5.74) is 0.657. The summed E-state index contributed by atoms with van der Waals surface area (Å²) < 4.78 is 12.2. The van der Waals surface area contributed by atoms with Crippen molar-refractivity contribution in [1.29, 1.82) is 0 Å². The van der Waals surface area contributed by atoms with Crippen LogP contribution in [0.15, 0.2) is 27.1 Å². The van der Waals surface area contributed by atoms with Crippen molar-refractivity contribution in [3.63, 3.8) is 0 Å². The quantitative estimate of drug-likeness (QED) is 0.713. The van der Waals surface area contributed by atoms with Gasteiger partial charge in [-0.05, 0) is 18.4 Å². The van der Waals surface area contributed by atoms with Gasteiger partial charge in [-0.25, -0.2) is 4.98 Å². The lowest BCUT2D eigenvalue weighted by molar-refractivity contribution is 0.195. The first-order chi connectivity index (χ1) is 9.24. The highest BCUT2D eigenvalue weighted by molar-refractivity contribution is 7.17. The van der Waals surface area contributed by atoms with Gasteiger partial charge in [0.2, 0.25) is 0 Å². The van der Waals surface area contributed by atoms with Gasteiger partial charge in [0.05, 0.1) is 18.4 Å². The summed E-state index contributed by atoms with van der Waals surface area (Å²) in [7, 11) is 0. The van der Waals surface area contributed by atoms with E-state index in [0.29, 0.717) is 17.1 Å². The predicted molar refractivity (Wildman–Crippen MR) is 68.4 cm³/mol. The first-order valence-electron chi connectivity index (χ1n) is 5.60. The fraction of sp³-hybridized carbons (Fsp3) is 0.273. The Bertz CT molecular complexity index is 760. The molecule has 0 radical (unpaired) electrons.